The Kier molecular flexibility index (Phi) is 5.28. The van der Waals surface area contributed by atoms with Gasteiger partial charge in [0.15, 0.2) is 5.11 Å². The molecule has 1 aliphatic rings. The van der Waals surface area contributed by atoms with Crippen molar-refractivity contribution in [1.82, 2.24) is 5.32 Å². The highest BCUT2D eigenvalue weighted by atomic mass is 35.5. The van der Waals surface area contributed by atoms with Crippen LogP contribution in [0.15, 0.2) is 64.6 Å². The first-order valence-electron chi connectivity index (χ1n) is 9.18. The van der Waals surface area contributed by atoms with E-state index in [9.17, 15) is 9.59 Å². The lowest BCUT2D eigenvalue weighted by Crippen LogP contribution is -2.54. The van der Waals surface area contributed by atoms with Gasteiger partial charge in [-0.1, -0.05) is 23.7 Å². The minimum atomic E-state index is -0.559. The van der Waals surface area contributed by atoms with Gasteiger partial charge in [0.25, 0.3) is 11.8 Å². The Morgan fingerprint density at radius 3 is 2.50 bits per heavy atom. The average molecular weight is 437 g/mol. The lowest BCUT2D eigenvalue weighted by Gasteiger charge is -2.30. The van der Waals surface area contributed by atoms with Gasteiger partial charge in [-0.3, -0.25) is 19.8 Å². The molecule has 3 aromatic rings. The zero-order valence-corrected chi connectivity index (χ0v) is 17.8. The van der Waals surface area contributed by atoms with Crippen molar-refractivity contribution in [3.8, 4) is 11.3 Å². The van der Waals surface area contributed by atoms with E-state index in [0.717, 1.165) is 16.7 Å². The summed E-state index contributed by atoms with van der Waals surface area (Å²) in [6.07, 6.45) is 1.43. The number of carbonyl (C=O) groups excluding carboxylic acids is 2. The van der Waals surface area contributed by atoms with E-state index < -0.39 is 11.8 Å². The predicted octanol–water partition coefficient (Wildman–Crippen LogP) is 5.05. The van der Waals surface area contributed by atoms with E-state index in [1.807, 2.05) is 44.2 Å². The number of nitrogens with zero attached hydrogens (tertiary/aromatic N) is 1. The summed E-state index contributed by atoms with van der Waals surface area (Å²) in [5.74, 6) is -0.0748. The van der Waals surface area contributed by atoms with E-state index in [1.54, 1.807) is 24.3 Å². The largest absolute Gasteiger partial charge is 0.457 e. The Balaban J connectivity index is 1.69. The Bertz CT molecular complexity index is 1210. The van der Waals surface area contributed by atoms with E-state index in [0.29, 0.717) is 22.2 Å². The topological polar surface area (TPSA) is 62.6 Å². The van der Waals surface area contributed by atoms with E-state index in [4.69, 9.17) is 28.2 Å². The third-order valence-corrected chi connectivity index (χ3v) is 5.29. The summed E-state index contributed by atoms with van der Waals surface area (Å²) >= 11 is 11.2. The first kappa shape index (κ1) is 20.1. The summed E-state index contributed by atoms with van der Waals surface area (Å²) in [6.45, 7) is 3.81. The third-order valence-electron chi connectivity index (χ3n) is 4.75. The van der Waals surface area contributed by atoms with Crippen molar-refractivity contribution in [2.75, 3.05) is 4.90 Å². The van der Waals surface area contributed by atoms with Gasteiger partial charge >= 0.3 is 0 Å². The van der Waals surface area contributed by atoms with Gasteiger partial charge in [0.2, 0.25) is 0 Å². The number of halogens is 1. The molecule has 2 aromatic carbocycles. The summed E-state index contributed by atoms with van der Waals surface area (Å²) in [6, 6.07) is 16.4. The molecule has 2 amide bonds. The molecular weight excluding hydrogens is 420 g/mol. The Hall–Kier alpha value is -3.22. The molecule has 0 radical (unpaired) electrons. The van der Waals surface area contributed by atoms with Crippen molar-refractivity contribution in [2.24, 2.45) is 0 Å². The molecule has 1 saturated heterocycles. The molecular formula is C23H17ClN2O3S. The summed E-state index contributed by atoms with van der Waals surface area (Å²) in [4.78, 5) is 27.0. The molecule has 0 saturated carbocycles. The highest BCUT2D eigenvalue weighted by molar-refractivity contribution is 7.80. The number of furan rings is 1. The smallest absolute Gasteiger partial charge is 0.270 e. The average Bonchev–Trinajstić information content (AvgIpc) is 3.17. The van der Waals surface area contributed by atoms with Crippen LogP contribution in [0.25, 0.3) is 17.4 Å². The highest BCUT2D eigenvalue weighted by Gasteiger charge is 2.35. The maximum absolute atomic E-state index is 13.2. The fourth-order valence-corrected chi connectivity index (χ4v) is 3.58. The highest BCUT2D eigenvalue weighted by Crippen LogP contribution is 2.28. The first-order chi connectivity index (χ1) is 14.3. The number of thiocarbonyl (C=S) groups is 1. The molecule has 150 valence electrons. The van der Waals surface area contributed by atoms with Crippen LogP contribution in [0.1, 0.15) is 16.9 Å². The molecule has 4 rings (SSSR count). The normalized spacial score (nSPS) is 15.6. The van der Waals surface area contributed by atoms with Crippen molar-refractivity contribution < 1.29 is 14.0 Å². The number of hydrogen-bond acceptors (Lipinski definition) is 4. The summed E-state index contributed by atoms with van der Waals surface area (Å²) in [5.41, 5.74) is 3.27. The number of hydrogen-bond donors (Lipinski definition) is 1. The molecule has 1 aromatic heterocycles. The van der Waals surface area contributed by atoms with Crippen molar-refractivity contribution in [1.29, 1.82) is 0 Å². The molecule has 0 aliphatic carbocycles. The van der Waals surface area contributed by atoms with Gasteiger partial charge in [0.05, 0.1) is 5.69 Å². The molecule has 1 fully saturated rings. The van der Waals surface area contributed by atoms with Gasteiger partial charge in [0.1, 0.15) is 17.1 Å². The SMILES string of the molecule is Cc1ccc(C)c(N2C(=O)/C(=C/c3ccc(-c4ccc(Cl)cc4)o3)C(=O)NC2=S)c1. The third kappa shape index (κ3) is 3.79. The lowest BCUT2D eigenvalue weighted by atomic mass is 10.1. The van der Waals surface area contributed by atoms with E-state index in [1.165, 1.54) is 11.0 Å². The van der Waals surface area contributed by atoms with Crippen molar-refractivity contribution in [3.63, 3.8) is 0 Å². The van der Waals surface area contributed by atoms with Crippen LogP contribution < -0.4 is 10.2 Å². The quantitative estimate of drug-likeness (QED) is 0.354. The van der Waals surface area contributed by atoms with Crippen LogP contribution in [0.3, 0.4) is 0 Å². The van der Waals surface area contributed by atoms with E-state index >= 15 is 0 Å². The fourth-order valence-electron chi connectivity index (χ4n) is 3.18. The molecule has 0 unspecified atom stereocenters. The monoisotopic (exact) mass is 436 g/mol. The molecule has 5 nitrogen and oxygen atoms in total. The zero-order chi connectivity index (χ0) is 21.4. The minimum absolute atomic E-state index is 0.0529. The summed E-state index contributed by atoms with van der Waals surface area (Å²) < 4.78 is 5.82. The second-order valence-electron chi connectivity index (χ2n) is 6.96. The van der Waals surface area contributed by atoms with Crippen LogP contribution in [0.4, 0.5) is 5.69 Å². The van der Waals surface area contributed by atoms with E-state index in [2.05, 4.69) is 5.32 Å². The van der Waals surface area contributed by atoms with Crippen LogP contribution >= 0.6 is 23.8 Å². The molecule has 1 aliphatic heterocycles. The maximum atomic E-state index is 13.2. The van der Waals surface area contributed by atoms with Crippen LogP contribution in [-0.4, -0.2) is 16.9 Å². The molecule has 0 spiro atoms. The lowest BCUT2D eigenvalue weighted by molar-refractivity contribution is -0.122. The van der Waals surface area contributed by atoms with Crippen LogP contribution in [0.5, 0.6) is 0 Å². The second-order valence-corrected chi connectivity index (χ2v) is 7.78. The van der Waals surface area contributed by atoms with Crippen LogP contribution in [-0.2, 0) is 9.59 Å². The summed E-state index contributed by atoms with van der Waals surface area (Å²) in [7, 11) is 0. The van der Waals surface area contributed by atoms with E-state index in [-0.39, 0.29) is 10.7 Å². The first-order valence-corrected chi connectivity index (χ1v) is 9.96. The number of aryl methyl sites for hydroxylation is 2. The summed E-state index contributed by atoms with van der Waals surface area (Å²) in [5, 5.41) is 3.27. The van der Waals surface area contributed by atoms with Crippen molar-refractivity contribution in [2.45, 2.75) is 13.8 Å². The minimum Gasteiger partial charge on any atom is -0.457 e. The van der Waals surface area contributed by atoms with Gasteiger partial charge < -0.3 is 4.42 Å². The predicted molar refractivity (Wildman–Crippen MR) is 121 cm³/mol. The molecule has 2 heterocycles. The molecule has 1 N–H and O–H groups in total. The standard InChI is InChI=1S/C23H17ClN2O3S/c1-13-3-4-14(2)19(11-13)26-22(28)18(21(27)25-23(26)30)12-17-9-10-20(29-17)15-5-7-16(24)8-6-15/h3-12H,1-2H3,(H,25,27,30)/b18-12+. The maximum Gasteiger partial charge on any atom is 0.270 e. The molecule has 7 heteroatoms. The number of amides is 2. The van der Waals surface area contributed by atoms with Gasteiger partial charge in [-0.25, -0.2) is 0 Å². The number of rotatable bonds is 3. The van der Waals surface area contributed by atoms with Crippen molar-refractivity contribution >= 4 is 52.5 Å². The Morgan fingerprint density at radius 2 is 1.77 bits per heavy atom. The molecule has 0 bridgehead atoms. The van der Waals surface area contributed by atoms with Crippen LogP contribution in [0.2, 0.25) is 5.02 Å². The van der Waals surface area contributed by atoms with Gasteiger partial charge in [-0.2, -0.15) is 0 Å². The number of nitrogens with one attached hydrogen (secondary N) is 1. The van der Waals surface area contributed by atoms with Gasteiger partial charge in [-0.05, 0) is 85.7 Å². The van der Waals surface area contributed by atoms with Gasteiger partial charge in [0, 0.05) is 10.6 Å². The second kappa shape index (κ2) is 7.89. The number of benzene rings is 2. The fraction of sp³-hybridized carbons (Fsp3) is 0.0870. The Labute approximate surface area is 183 Å². The number of anilines is 1. The number of carbonyl (C=O) groups is 2. The molecule has 0 atom stereocenters. The van der Waals surface area contributed by atoms with Crippen molar-refractivity contribution in [3.05, 3.63) is 82.1 Å². The zero-order valence-electron chi connectivity index (χ0n) is 16.2. The van der Waals surface area contributed by atoms with Gasteiger partial charge in [-0.15, -0.1) is 0 Å². The Morgan fingerprint density at radius 1 is 1.03 bits per heavy atom. The van der Waals surface area contributed by atoms with Crippen LogP contribution in [0, 0.1) is 13.8 Å². The molecule has 30 heavy (non-hydrogen) atoms.